The van der Waals surface area contributed by atoms with Crippen LogP contribution in [0.4, 0.5) is 5.69 Å². The highest BCUT2D eigenvalue weighted by molar-refractivity contribution is 5.97. The van der Waals surface area contributed by atoms with Crippen LogP contribution in [-0.4, -0.2) is 19.6 Å². The number of nitrogens with one attached hydrogen (secondary N) is 1. The second kappa shape index (κ2) is 5.66. The summed E-state index contributed by atoms with van der Waals surface area (Å²) in [5, 5.41) is 2.66. The van der Waals surface area contributed by atoms with Gasteiger partial charge in [0.15, 0.2) is 0 Å². The third kappa shape index (κ3) is 2.92. The molecule has 0 atom stereocenters. The molecular formula is C12H14N2O2. The molecule has 16 heavy (non-hydrogen) atoms. The van der Waals surface area contributed by atoms with Crippen molar-refractivity contribution in [2.45, 2.75) is 6.92 Å². The fraction of sp³-hybridized carbons (Fsp3) is 0.250. The number of ether oxygens (including phenoxy) is 1. The van der Waals surface area contributed by atoms with Gasteiger partial charge in [-0.25, -0.2) is 0 Å². The van der Waals surface area contributed by atoms with Crippen molar-refractivity contribution in [3.8, 4) is 17.6 Å². The number of amides is 1. The van der Waals surface area contributed by atoms with E-state index >= 15 is 0 Å². The first-order valence-electron chi connectivity index (χ1n) is 4.80. The van der Waals surface area contributed by atoms with Gasteiger partial charge in [0.2, 0.25) is 0 Å². The van der Waals surface area contributed by atoms with Crippen molar-refractivity contribution >= 4 is 11.6 Å². The van der Waals surface area contributed by atoms with Crippen molar-refractivity contribution in [2.24, 2.45) is 0 Å². The van der Waals surface area contributed by atoms with E-state index in [1.165, 1.54) is 7.11 Å². The van der Waals surface area contributed by atoms with E-state index in [1.54, 1.807) is 25.1 Å². The summed E-state index contributed by atoms with van der Waals surface area (Å²) in [6.45, 7) is 2.04. The van der Waals surface area contributed by atoms with Crippen molar-refractivity contribution < 1.29 is 9.53 Å². The van der Waals surface area contributed by atoms with Crippen LogP contribution in [0.2, 0.25) is 0 Å². The zero-order chi connectivity index (χ0) is 12.0. The molecule has 0 radical (unpaired) electrons. The number of methoxy groups -OCH3 is 1. The Morgan fingerprint density at radius 1 is 1.56 bits per heavy atom. The lowest BCUT2D eigenvalue weighted by molar-refractivity contribution is 0.0955. The van der Waals surface area contributed by atoms with Gasteiger partial charge in [-0.15, -0.1) is 5.92 Å². The Balaban J connectivity index is 2.84. The van der Waals surface area contributed by atoms with Gasteiger partial charge in [-0.2, -0.15) is 0 Å². The van der Waals surface area contributed by atoms with E-state index in [-0.39, 0.29) is 5.91 Å². The smallest absolute Gasteiger partial charge is 0.255 e. The summed E-state index contributed by atoms with van der Waals surface area (Å²) in [7, 11) is 1.50. The lowest BCUT2D eigenvalue weighted by atomic mass is 10.1. The van der Waals surface area contributed by atoms with Crippen molar-refractivity contribution in [1.82, 2.24) is 5.32 Å². The maximum Gasteiger partial charge on any atom is 0.255 e. The predicted octanol–water partition coefficient (Wildman–Crippen LogP) is 1.03. The van der Waals surface area contributed by atoms with Gasteiger partial charge in [0.1, 0.15) is 5.75 Å². The van der Waals surface area contributed by atoms with Gasteiger partial charge in [-0.3, -0.25) is 4.79 Å². The van der Waals surface area contributed by atoms with E-state index in [0.717, 1.165) is 0 Å². The SMILES string of the molecule is CC#CCNC(=O)c1ccc(N)cc1OC. The van der Waals surface area contributed by atoms with Gasteiger partial charge in [0, 0.05) is 11.8 Å². The minimum atomic E-state index is -0.223. The fourth-order valence-corrected chi connectivity index (χ4v) is 1.20. The Morgan fingerprint density at radius 3 is 2.94 bits per heavy atom. The number of hydrogen-bond acceptors (Lipinski definition) is 3. The number of nitrogens with two attached hydrogens (primary N) is 1. The summed E-state index contributed by atoms with van der Waals surface area (Å²) in [6, 6.07) is 4.90. The monoisotopic (exact) mass is 218 g/mol. The molecule has 0 bridgehead atoms. The van der Waals surface area contributed by atoms with Crippen LogP contribution in [-0.2, 0) is 0 Å². The number of nitrogen functional groups attached to an aromatic ring is 1. The topological polar surface area (TPSA) is 64.4 Å². The maximum atomic E-state index is 11.7. The van der Waals surface area contributed by atoms with Crippen LogP contribution in [0, 0.1) is 11.8 Å². The minimum absolute atomic E-state index is 0.223. The van der Waals surface area contributed by atoms with Crippen LogP contribution < -0.4 is 15.8 Å². The molecule has 0 heterocycles. The van der Waals surface area contributed by atoms with Crippen LogP contribution >= 0.6 is 0 Å². The molecule has 1 amide bonds. The fourth-order valence-electron chi connectivity index (χ4n) is 1.20. The number of carbonyl (C=O) groups is 1. The van der Waals surface area contributed by atoms with Gasteiger partial charge in [0.25, 0.3) is 5.91 Å². The Hall–Kier alpha value is -2.15. The molecule has 1 aromatic rings. The van der Waals surface area contributed by atoms with Crippen LogP contribution in [0.5, 0.6) is 5.75 Å². The highest BCUT2D eigenvalue weighted by Gasteiger charge is 2.11. The number of anilines is 1. The number of rotatable bonds is 3. The molecule has 0 saturated carbocycles. The molecule has 0 unspecified atom stereocenters. The molecule has 0 aliphatic heterocycles. The first-order valence-corrected chi connectivity index (χ1v) is 4.80. The molecule has 0 fully saturated rings. The second-order valence-corrected chi connectivity index (χ2v) is 3.07. The zero-order valence-electron chi connectivity index (χ0n) is 9.33. The third-order valence-electron chi connectivity index (χ3n) is 1.98. The van der Waals surface area contributed by atoms with Gasteiger partial charge in [-0.05, 0) is 19.1 Å². The normalized spacial score (nSPS) is 8.88. The summed E-state index contributed by atoms with van der Waals surface area (Å²) >= 11 is 0. The zero-order valence-corrected chi connectivity index (χ0v) is 9.33. The summed E-state index contributed by atoms with van der Waals surface area (Å²) < 4.78 is 5.08. The number of hydrogen-bond donors (Lipinski definition) is 2. The average molecular weight is 218 g/mol. The molecule has 0 aliphatic rings. The Kier molecular flexibility index (Phi) is 4.22. The lowest BCUT2D eigenvalue weighted by Crippen LogP contribution is -2.24. The third-order valence-corrected chi connectivity index (χ3v) is 1.98. The highest BCUT2D eigenvalue weighted by atomic mass is 16.5. The van der Waals surface area contributed by atoms with Gasteiger partial charge in [-0.1, -0.05) is 5.92 Å². The largest absolute Gasteiger partial charge is 0.496 e. The van der Waals surface area contributed by atoms with E-state index in [2.05, 4.69) is 17.2 Å². The standard InChI is InChI=1S/C12H14N2O2/c1-3-4-7-14-12(15)10-6-5-9(13)8-11(10)16-2/h5-6,8H,7,13H2,1-2H3,(H,14,15). The first-order chi connectivity index (χ1) is 7.69. The van der Waals surface area contributed by atoms with Gasteiger partial charge < -0.3 is 15.8 Å². The van der Waals surface area contributed by atoms with Crippen LogP contribution in [0.25, 0.3) is 0 Å². The van der Waals surface area contributed by atoms with Crippen LogP contribution in [0.15, 0.2) is 18.2 Å². The Bertz CT molecular complexity index is 444. The van der Waals surface area contributed by atoms with Crippen molar-refractivity contribution in [3.63, 3.8) is 0 Å². The summed E-state index contributed by atoms with van der Waals surface area (Å²) in [6.07, 6.45) is 0. The van der Waals surface area contributed by atoms with E-state index in [9.17, 15) is 4.79 Å². The summed E-state index contributed by atoms with van der Waals surface area (Å²) in [5.41, 5.74) is 6.60. The molecule has 0 saturated heterocycles. The van der Waals surface area contributed by atoms with Gasteiger partial charge in [0.05, 0.1) is 19.2 Å². The maximum absolute atomic E-state index is 11.7. The van der Waals surface area contributed by atoms with E-state index in [1.807, 2.05) is 0 Å². The Labute approximate surface area is 94.8 Å². The van der Waals surface area contributed by atoms with Crippen molar-refractivity contribution in [3.05, 3.63) is 23.8 Å². The van der Waals surface area contributed by atoms with Gasteiger partial charge >= 0.3 is 0 Å². The molecule has 0 aliphatic carbocycles. The van der Waals surface area contributed by atoms with Crippen molar-refractivity contribution in [2.75, 3.05) is 19.4 Å². The molecule has 0 aromatic heterocycles. The average Bonchev–Trinajstić information content (AvgIpc) is 2.29. The first kappa shape index (κ1) is 11.9. The lowest BCUT2D eigenvalue weighted by Gasteiger charge is -2.08. The summed E-state index contributed by atoms with van der Waals surface area (Å²) in [5.74, 6) is 5.68. The molecule has 4 nitrogen and oxygen atoms in total. The number of benzene rings is 1. The predicted molar refractivity (Wildman–Crippen MR) is 63.2 cm³/mol. The van der Waals surface area contributed by atoms with Crippen LogP contribution in [0.1, 0.15) is 17.3 Å². The highest BCUT2D eigenvalue weighted by Crippen LogP contribution is 2.21. The molecule has 4 heteroatoms. The van der Waals surface area contributed by atoms with Crippen LogP contribution in [0.3, 0.4) is 0 Å². The minimum Gasteiger partial charge on any atom is -0.496 e. The molecule has 84 valence electrons. The molecule has 3 N–H and O–H groups in total. The molecule has 1 rings (SSSR count). The second-order valence-electron chi connectivity index (χ2n) is 3.07. The number of carbonyl (C=O) groups excluding carboxylic acids is 1. The van der Waals surface area contributed by atoms with E-state index in [4.69, 9.17) is 10.5 Å². The van der Waals surface area contributed by atoms with Crippen molar-refractivity contribution in [1.29, 1.82) is 0 Å². The Morgan fingerprint density at radius 2 is 2.31 bits per heavy atom. The molecule has 1 aromatic carbocycles. The van der Waals surface area contributed by atoms with E-state index in [0.29, 0.717) is 23.5 Å². The molecular weight excluding hydrogens is 204 g/mol. The molecule has 0 spiro atoms. The van der Waals surface area contributed by atoms with E-state index < -0.39 is 0 Å². The summed E-state index contributed by atoms with van der Waals surface area (Å²) in [4.78, 5) is 11.7. The quantitative estimate of drug-likeness (QED) is 0.588.